The molecule has 36 heavy (non-hydrogen) atoms. The van der Waals surface area contributed by atoms with Gasteiger partial charge in [-0.1, -0.05) is 88.5 Å². The number of hydrogen-bond acceptors (Lipinski definition) is 4. The molecule has 0 radical (unpaired) electrons. The molecule has 0 aliphatic carbocycles. The van der Waals surface area contributed by atoms with Crippen molar-refractivity contribution in [1.29, 1.82) is 0 Å². The van der Waals surface area contributed by atoms with Crippen molar-refractivity contribution >= 4 is 17.8 Å². The van der Waals surface area contributed by atoms with Gasteiger partial charge in [0.1, 0.15) is 0 Å². The number of allylic oxidation sites excluding steroid dienone is 10. The zero-order valence-electron chi connectivity index (χ0n) is 22.7. The monoisotopic (exact) mass is 501 g/mol. The van der Waals surface area contributed by atoms with Crippen molar-refractivity contribution in [3.05, 3.63) is 60.8 Å². The van der Waals surface area contributed by atoms with Gasteiger partial charge in [-0.3, -0.25) is 14.4 Å². The molecule has 0 saturated heterocycles. The van der Waals surface area contributed by atoms with Gasteiger partial charge in [0.15, 0.2) is 0 Å². The molecule has 0 aliphatic rings. The minimum Gasteiger partial charge on any atom is -0.481 e. The van der Waals surface area contributed by atoms with E-state index in [2.05, 4.69) is 73.0 Å². The fourth-order valence-electron chi connectivity index (χ4n) is 3.00. The molecule has 1 amide bonds. The minimum atomic E-state index is -0.958. The van der Waals surface area contributed by atoms with Crippen LogP contribution in [0.5, 0.6) is 0 Å². The van der Waals surface area contributed by atoms with Crippen molar-refractivity contribution in [2.24, 2.45) is 11.3 Å². The number of amides is 1. The molecule has 1 atom stereocenters. The number of carbonyl (C=O) groups is 3. The van der Waals surface area contributed by atoms with E-state index in [1.165, 1.54) is 0 Å². The average molecular weight is 502 g/mol. The van der Waals surface area contributed by atoms with Crippen molar-refractivity contribution < 1.29 is 24.2 Å². The third kappa shape index (κ3) is 19.4. The molecule has 202 valence electrons. The zero-order valence-corrected chi connectivity index (χ0v) is 22.7. The molecule has 2 N–H and O–H groups in total. The maximum atomic E-state index is 12.2. The first-order valence-corrected chi connectivity index (χ1v) is 13.1. The second-order valence-electron chi connectivity index (χ2n) is 9.41. The Hall–Kier alpha value is -2.89. The minimum absolute atomic E-state index is 0.0875. The molecular weight excluding hydrogens is 454 g/mol. The van der Waals surface area contributed by atoms with Crippen LogP contribution in [-0.2, 0) is 19.1 Å². The number of rotatable bonds is 20. The van der Waals surface area contributed by atoms with E-state index in [9.17, 15) is 14.4 Å². The summed E-state index contributed by atoms with van der Waals surface area (Å²) in [6.45, 7) is 7.84. The number of carbonyl (C=O) groups excluding carboxylic acids is 2. The molecule has 0 aromatic heterocycles. The summed E-state index contributed by atoms with van der Waals surface area (Å²) in [5.41, 5.74) is -0.549. The van der Waals surface area contributed by atoms with Gasteiger partial charge in [0.05, 0.1) is 13.0 Å². The molecule has 0 saturated carbocycles. The number of carboxylic acids is 1. The maximum absolute atomic E-state index is 12.2. The number of carboxylic acid groups (broad SMARTS) is 1. The summed E-state index contributed by atoms with van der Waals surface area (Å²) in [4.78, 5) is 34.8. The molecule has 0 aromatic rings. The standard InChI is InChI=1S/C30H47NO5/c1-5-6-7-8-9-10-11-12-13-14-15-16-17-18-19-20-21-22-28(34)36-25-30(3,4)26(2)29(35)31-24-23-27(32)33/h6-7,9-10,12-13,15-16,18-19,26H,5,8,11,14,17,20-25H2,1-4H3,(H,31,35)(H,32,33)/b7-6-,10-9-,13-12-,16-15-,19-18-/t26-/m0/s1. The van der Waals surface area contributed by atoms with E-state index in [0.29, 0.717) is 6.42 Å². The summed E-state index contributed by atoms with van der Waals surface area (Å²) in [5, 5.41) is 11.3. The Balaban J connectivity index is 3.92. The van der Waals surface area contributed by atoms with Crippen LogP contribution in [-0.4, -0.2) is 36.1 Å². The van der Waals surface area contributed by atoms with E-state index in [0.717, 1.165) is 44.9 Å². The van der Waals surface area contributed by atoms with Crippen LogP contribution >= 0.6 is 0 Å². The Morgan fingerprint density at radius 2 is 1.33 bits per heavy atom. The van der Waals surface area contributed by atoms with Gasteiger partial charge in [-0.25, -0.2) is 0 Å². The Morgan fingerprint density at radius 1 is 0.833 bits per heavy atom. The lowest BCUT2D eigenvalue weighted by Crippen LogP contribution is -2.40. The second kappa shape index (κ2) is 21.4. The van der Waals surface area contributed by atoms with Crippen LogP contribution in [0.2, 0.25) is 0 Å². The van der Waals surface area contributed by atoms with Gasteiger partial charge in [-0.05, 0) is 44.9 Å². The van der Waals surface area contributed by atoms with E-state index >= 15 is 0 Å². The predicted molar refractivity (Wildman–Crippen MR) is 147 cm³/mol. The van der Waals surface area contributed by atoms with E-state index in [4.69, 9.17) is 9.84 Å². The summed E-state index contributed by atoms with van der Waals surface area (Å²) >= 11 is 0. The second-order valence-corrected chi connectivity index (χ2v) is 9.41. The normalized spacial score (nSPS) is 13.4. The first-order valence-electron chi connectivity index (χ1n) is 13.1. The molecule has 0 bridgehead atoms. The fraction of sp³-hybridized carbons (Fsp3) is 0.567. The lowest BCUT2D eigenvalue weighted by Gasteiger charge is -2.30. The van der Waals surface area contributed by atoms with Crippen LogP contribution in [0.25, 0.3) is 0 Å². The molecule has 6 nitrogen and oxygen atoms in total. The van der Waals surface area contributed by atoms with Crippen LogP contribution < -0.4 is 5.32 Å². The van der Waals surface area contributed by atoms with Crippen molar-refractivity contribution in [3.8, 4) is 0 Å². The highest BCUT2D eigenvalue weighted by Gasteiger charge is 2.32. The quantitative estimate of drug-likeness (QED) is 0.110. The lowest BCUT2D eigenvalue weighted by molar-refractivity contribution is -0.150. The predicted octanol–water partition coefficient (Wildman–Crippen LogP) is 6.70. The van der Waals surface area contributed by atoms with Gasteiger partial charge in [0.2, 0.25) is 5.91 Å². The summed E-state index contributed by atoms with van der Waals surface area (Å²) in [5.74, 6) is -1.88. The smallest absolute Gasteiger partial charge is 0.305 e. The van der Waals surface area contributed by atoms with Crippen LogP contribution in [0.4, 0.5) is 0 Å². The maximum Gasteiger partial charge on any atom is 0.305 e. The van der Waals surface area contributed by atoms with E-state index in [1.807, 2.05) is 13.8 Å². The molecular formula is C30H47NO5. The summed E-state index contributed by atoms with van der Waals surface area (Å²) in [6, 6.07) is 0. The van der Waals surface area contributed by atoms with Gasteiger partial charge in [-0.15, -0.1) is 0 Å². The molecule has 0 rings (SSSR count). The third-order valence-electron chi connectivity index (χ3n) is 5.72. The van der Waals surface area contributed by atoms with Crippen molar-refractivity contribution in [2.75, 3.05) is 13.2 Å². The molecule has 0 unspecified atom stereocenters. The van der Waals surface area contributed by atoms with Crippen LogP contribution in [0.3, 0.4) is 0 Å². The van der Waals surface area contributed by atoms with E-state index < -0.39 is 17.3 Å². The molecule has 0 aromatic carbocycles. The molecule has 0 fully saturated rings. The molecule has 0 spiro atoms. The topological polar surface area (TPSA) is 92.7 Å². The van der Waals surface area contributed by atoms with E-state index in [-0.39, 0.29) is 31.4 Å². The number of hydrogen-bond donors (Lipinski definition) is 2. The summed E-state index contributed by atoms with van der Waals surface area (Å²) in [6.07, 6.45) is 28.2. The first kappa shape index (κ1) is 33.1. The third-order valence-corrected chi connectivity index (χ3v) is 5.72. The van der Waals surface area contributed by atoms with E-state index in [1.54, 1.807) is 6.92 Å². The van der Waals surface area contributed by atoms with Gasteiger partial charge in [-0.2, -0.15) is 0 Å². The van der Waals surface area contributed by atoms with Gasteiger partial charge >= 0.3 is 11.9 Å². The number of unbranched alkanes of at least 4 members (excludes halogenated alkanes) is 1. The lowest BCUT2D eigenvalue weighted by atomic mass is 9.80. The van der Waals surface area contributed by atoms with Gasteiger partial charge in [0.25, 0.3) is 0 Å². The first-order chi connectivity index (χ1) is 17.2. The Labute approximate surface area is 218 Å². The van der Waals surface area contributed by atoms with Crippen LogP contribution in [0.15, 0.2) is 60.8 Å². The fourth-order valence-corrected chi connectivity index (χ4v) is 3.00. The molecule has 6 heteroatoms. The van der Waals surface area contributed by atoms with Crippen LogP contribution in [0.1, 0.15) is 85.5 Å². The Kier molecular flexibility index (Phi) is 19.7. The molecule has 0 heterocycles. The SMILES string of the molecule is CC/C=C\C/C=C\C/C=C\C/C=C\C/C=C\CCCC(=O)OCC(C)(C)[C@@H](C)C(=O)NCCC(=O)O. The van der Waals surface area contributed by atoms with Crippen molar-refractivity contribution in [3.63, 3.8) is 0 Å². The van der Waals surface area contributed by atoms with Gasteiger partial charge in [0, 0.05) is 24.3 Å². The van der Waals surface area contributed by atoms with Gasteiger partial charge < -0.3 is 15.2 Å². The number of esters is 1. The number of ether oxygens (including phenoxy) is 1. The highest BCUT2D eigenvalue weighted by molar-refractivity contribution is 5.79. The summed E-state index contributed by atoms with van der Waals surface area (Å²) < 4.78 is 5.39. The highest BCUT2D eigenvalue weighted by atomic mass is 16.5. The molecule has 0 aliphatic heterocycles. The Bertz CT molecular complexity index is 774. The van der Waals surface area contributed by atoms with Crippen LogP contribution in [0, 0.1) is 11.3 Å². The number of aliphatic carboxylic acids is 1. The van der Waals surface area contributed by atoms with Crippen molar-refractivity contribution in [2.45, 2.75) is 85.5 Å². The summed E-state index contributed by atoms with van der Waals surface area (Å²) in [7, 11) is 0. The average Bonchev–Trinajstić information content (AvgIpc) is 2.83. The number of nitrogens with one attached hydrogen (secondary N) is 1. The largest absolute Gasteiger partial charge is 0.481 e. The Morgan fingerprint density at radius 3 is 1.83 bits per heavy atom. The highest BCUT2D eigenvalue weighted by Crippen LogP contribution is 2.27. The zero-order chi connectivity index (χ0) is 27.1. The van der Waals surface area contributed by atoms with Crippen molar-refractivity contribution in [1.82, 2.24) is 5.32 Å².